The standard InChI is InChI=1S/C17H24N2O2/c1-2-14(10-18-7-1)11-19-8-9-20-17-15(19)5-6-16(17)21-12-13-3-4-13/h1-2,7,10,13,15-17H,3-6,8-9,11-12H2/t15-,16-,17+/m1/s1. The molecule has 0 bridgehead atoms. The van der Waals surface area contributed by atoms with E-state index in [1.165, 1.54) is 24.8 Å². The molecule has 0 amide bonds. The Morgan fingerprint density at radius 2 is 2.24 bits per heavy atom. The molecule has 4 nitrogen and oxygen atoms in total. The topological polar surface area (TPSA) is 34.6 Å². The highest BCUT2D eigenvalue weighted by Crippen LogP contribution is 2.35. The number of aromatic nitrogens is 1. The fourth-order valence-corrected chi connectivity index (χ4v) is 3.64. The van der Waals surface area contributed by atoms with E-state index in [4.69, 9.17) is 9.47 Å². The lowest BCUT2D eigenvalue weighted by Crippen LogP contribution is -2.51. The minimum absolute atomic E-state index is 0.272. The van der Waals surface area contributed by atoms with E-state index in [0.29, 0.717) is 12.1 Å². The number of pyridine rings is 1. The fourth-order valence-electron chi connectivity index (χ4n) is 3.64. The zero-order valence-corrected chi connectivity index (χ0v) is 12.5. The summed E-state index contributed by atoms with van der Waals surface area (Å²) in [6.07, 6.45) is 9.44. The van der Waals surface area contributed by atoms with Crippen LogP contribution in [0.5, 0.6) is 0 Å². The molecule has 3 atom stereocenters. The summed E-state index contributed by atoms with van der Waals surface area (Å²) in [4.78, 5) is 6.78. The van der Waals surface area contributed by atoms with Crippen molar-refractivity contribution in [3.8, 4) is 0 Å². The summed E-state index contributed by atoms with van der Waals surface area (Å²) in [5, 5.41) is 0. The van der Waals surface area contributed by atoms with E-state index in [1.54, 1.807) is 0 Å². The second kappa shape index (κ2) is 6.03. The molecule has 21 heavy (non-hydrogen) atoms. The fraction of sp³-hybridized carbons (Fsp3) is 0.706. The van der Waals surface area contributed by atoms with Gasteiger partial charge in [-0.05, 0) is 43.2 Å². The summed E-state index contributed by atoms with van der Waals surface area (Å²) in [7, 11) is 0. The lowest BCUT2D eigenvalue weighted by atomic mass is 10.1. The number of hydrogen-bond donors (Lipinski definition) is 0. The predicted molar refractivity (Wildman–Crippen MR) is 79.9 cm³/mol. The molecule has 4 rings (SSSR count). The maximum Gasteiger partial charge on any atom is 0.0992 e. The van der Waals surface area contributed by atoms with Crippen molar-refractivity contribution in [2.45, 2.75) is 50.5 Å². The molecule has 2 saturated carbocycles. The Kier molecular flexibility index (Phi) is 3.93. The van der Waals surface area contributed by atoms with Crippen LogP contribution in [0.15, 0.2) is 24.5 Å². The van der Waals surface area contributed by atoms with Crippen molar-refractivity contribution in [3.05, 3.63) is 30.1 Å². The van der Waals surface area contributed by atoms with Gasteiger partial charge in [-0.1, -0.05) is 6.07 Å². The number of fused-ring (bicyclic) bond motifs is 1. The molecule has 1 saturated heterocycles. The number of ether oxygens (including phenoxy) is 2. The molecular formula is C17H24N2O2. The van der Waals surface area contributed by atoms with Crippen LogP contribution < -0.4 is 0 Å². The number of morpholine rings is 1. The van der Waals surface area contributed by atoms with E-state index in [2.05, 4.69) is 16.0 Å². The van der Waals surface area contributed by atoms with Crippen molar-refractivity contribution in [1.29, 1.82) is 0 Å². The minimum Gasteiger partial charge on any atom is -0.375 e. The molecule has 1 aliphatic heterocycles. The highest BCUT2D eigenvalue weighted by atomic mass is 16.5. The summed E-state index contributed by atoms with van der Waals surface area (Å²) >= 11 is 0. The van der Waals surface area contributed by atoms with Crippen LogP contribution in [0.4, 0.5) is 0 Å². The van der Waals surface area contributed by atoms with Crippen molar-refractivity contribution in [3.63, 3.8) is 0 Å². The molecule has 3 fully saturated rings. The van der Waals surface area contributed by atoms with E-state index < -0.39 is 0 Å². The lowest BCUT2D eigenvalue weighted by molar-refractivity contribution is -0.116. The van der Waals surface area contributed by atoms with E-state index in [-0.39, 0.29) is 6.10 Å². The van der Waals surface area contributed by atoms with Gasteiger partial charge >= 0.3 is 0 Å². The largest absolute Gasteiger partial charge is 0.375 e. The third kappa shape index (κ3) is 3.12. The zero-order valence-electron chi connectivity index (χ0n) is 12.5. The Labute approximate surface area is 126 Å². The Bertz CT molecular complexity index is 463. The van der Waals surface area contributed by atoms with Gasteiger partial charge in [-0.3, -0.25) is 9.88 Å². The summed E-state index contributed by atoms with van der Waals surface area (Å²) in [5.74, 6) is 0.833. The third-order valence-electron chi connectivity index (χ3n) is 5.00. The van der Waals surface area contributed by atoms with Crippen LogP contribution in [0.25, 0.3) is 0 Å². The van der Waals surface area contributed by atoms with Gasteiger partial charge < -0.3 is 9.47 Å². The van der Waals surface area contributed by atoms with Crippen molar-refractivity contribution >= 4 is 0 Å². The van der Waals surface area contributed by atoms with E-state index in [0.717, 1.165) is 38.6 Å². The SMILES string of the molecule is c1cncc(CN2CCO[C@H]3[C@H]2CC[C@H]3OCC2CC2)c1. The molecule has 1 aromatic heterocycles. The molecule has 0 unspecified atom stereocenters. The van der Waals surface area contributed by atoms with Crippen LogP contribution in [-0.4, -0.2) is 47.9 Å². The molecular weight excluding hydrogens is 264 g/mol. The quantitative estimate of drug-likeness (QED) is 0.832. The van der Waals surface area contributed by atoms with Gasteiger partial charge in [0.1, 0.15) is 0 Å². The van der Waals surface area contributed by atoms with E-state index in [9.17, 15) is 0 Å². The van der Waals surface area contributed by atoms with Gasteiger partial charge in [0.05, 0.1) is 18.8 Å². The van der Waals surface area contributed by atoms with Crippen LogP contribution in [-0.2, 0) is 16.0 Å². The van der Waals surface area contributed by atoms with Crippen molar-refractivity contribution < 1.29 is 9.47 Å². The van der Waals surface area contributed by atoms with Gasteiger partial charge in [0, 0.05) is 38.1 Å². The highest BCUT2D eigenvalue weighted by Gasteiger charge is 2.43. The second-order valence-corrected chi connectivity index (χ2v) is 6.63. The van der Waals surface area contributed by atoms with Crippen molar-refractivity contribution in [1.82, 2.24) is 9.88 Å². The summed E-state index contributed by atoms with van der Waals surface area (Å²) < 4.78 is 12.2. The Hall–Kier alpha value is -0.970. The van der Waals surface area contributed by atoms with E-state index >= 15 is 0 Å². The molecule has 0 radical (unpaired) electrons. The second-order valence-electron chi connectivity index (χ2n) is 6.63. The summed E-state index contributed by atoms with van der Waals surface area (Å²) in [6, 6.07) is 4.69. The van der Waals surface area contributed by atoms with Gasteiger partial charge in [0.2, 0.25) is 0 Å². The maximum absolute atomic E-state index is 6.13. The predicted octanol–water partition coefficient (Wildman–Crippen LogP) is 2.24. The molecule has 2 aliphatic carbocycles. The number of rotatable bonds is 5. The Balaban J connectivity index is 1.38. The molecule has 0 aromatic carbocycles. The van der Waals surface area contributed by atoms with Crippen LogP contribution in [0.1, 0.15) is 31.2 Å². The van der Waals surface area contributed by atoms with Gasteiger partial charge in [-0.2, -0.15) is 0 Å². The first-order valence-electron chi connectivity index (χ1n) is 8.26. The van der Waals surface area contributed by atoms with Crippen LogP contribution in [0, 0.1) is 5.92 Å². The summed E-state index contributed by atoms with van der Waals surface area (Å²) in [6.45, 7) is 3.77. The zero-order chi connectivity index (χ0) is 14.1. The molecule has 114 valence electrons. The first kappa shape index (κ1) is 13.7. The molecule has 0 N–H and O–H groups in total. The molecule has 3 aliphatic rings. The lowest BCUT2D eigenvalue weighted by Gasteiger charge is -2.39. The van der Waals surface area contributed by atoms with Crippen molar-refractivity contribution in [2.75, 3.05) is 19.8 Å². The molecule has 1 aromatic rings. The smallest absolute Gasteiger partial charge is 0.0992 e. The maximum atomic E-state index is 6.13. The monoisotopic (exact) mass is 288 g/mol. The van der Waals surface area contributed by atoms with Crippen LogP contribution >= 0.6 is 0 Å². The Morgan fingerprint density at radius 3 is 3.05 bits per heavy atom. The van der Waals surface area contributed by atoms with Gasteiger partial charge in [0.25, 0.3) is 0 Å². The van der Waals surface area contributed by atoms with Crippen LogP contribution in [0.2, 0.25) is 0 Å². The highest BCUT2D eigenvalue weighted by molar-refractivity contribution is 5.09. The molecule has 0 spiro atoms. The number of nitrogens with zero attached hydrogens (tertiary/aromatic N) is 2. The average Bonchev–Trinajstić information content (AvgIpc) is 3.26. The first-order valence-corrected chi connectivity index (χ1v) is 8.26. The number of hydrogen-bond acceptors (Lipinski definition) is 4. The summed E-state index contributed by atoms with van der Waals surface area (Å²) in [5.41, 5.74) is 1.29. The average molecular weight is 288 g/mol. The molecule has 4 heteroatoms. The Morgan fingerprint density at radius 1 is 1.29 bits per heavy atom. The third-order valence-corrected chi connectivity index (χ3v) is 5.00. The first-order chi connectivity index (χ1) is 10.4. The van der Waals surface area contributed by atoms with Gasteiger partial charge in [0.15, 0.2) is 0 Å². The van der Waals surface area contributed by atoms with Gasteiger partial charge in [-0.15, -0.1) is 0 Å². The van der Waals surface area contributed by atoms with E-state index in [1.807, 2.05) is 18.5 Å². The minimum atomic E-state index is 0.272. The molecule has 2 heterocycles. The van der Waals surface area contributed by atoms with Crippen LogP contribution in [0.3, 0.4) is 0 Å². The van der Waals surface area contributed by atoms with Gasteiger partial charge in [-0.25, -0.2) is 0 Å². The normalized spacial score (nSPS) is 33.0. The van der Waals surface area contributed by atoms with Crippen molar-refractivity contribution in [2.24, 2.45) is 5.92 Å².